The fourth-order valence-corrected chi connectivity index (χ4v) is 1.72. The van der Waals surface area contributed by atoms with Crippen LogP contribution in [0.15, 0.2) is 24.3 Å². The molecule has 2 amide bonds. The Balaban J connectivity index is 2.44. The molecule has 1 aromatic rings. The molecule has 0 aliphatic heterocycles. The molecule has 0 saturated heterocycles. The van der Waals surface area contributed by atoms with E-state index < -0.39 is 0 Å². The van der Waals surface area contributed by atoms with Crippen molar-refractivity contribution in [2.24, 2.45) is 5.73 Å². The summed E-state index contributed by atoms with van der Waals surface area (Å²) in [4.78, 5) is 15.8. The number of nitrogens with one attached hydrogen (secondary N) is 1. The SMILES string of the molecule is CN(C)CCCN(C)C(=O)Nc1cccc(CN)c1. The van der Waals surface area contributed by atoms with Gasteiger partial charge in [0.1, 0.15) is 0 Å². The van der Waals surface area contributed by atoms with Crippen molar-refractivity contribution in [1.29, 1.82) is 0 Å². The van der Waals surface area contributed by atoms with Gasteiger partial charge in [0.15, 0.2) is 0 Å². The van der Waals surface area contributed by atoms with Crippen LogP contribution in [0.3, 0.4) is 0 Å². The second kappa shape index (κ2) is 7.76. The topological polar surface area (TPSA) is 61.6 Å². The molecule has 0 aromatic heterocycles. The Morgan fingerprint density at radius 3 is 2.63 bits per heavy atom. The van der Waals surface area contributed by atoms with Gasteiger partial charge in [0, 0.05) is 25.8 Å². The highest BCUT2D eigenvalue weighted by atomic mass is 16.2. The predicted molar refractivity (Wildman–Crippen MR) is 79.2 cm³/mol. The highest BCUT2D eigenvalue weighted by Gasteiger charge is 2.08. The van der Waals surface area contributed by atoms with Gasteiger partial charge in [-0.3, -0.25) is 0 Å². The van der Waals surface area contributed by atoms with Gasteiger partial charge in [-0.15, -0.1) is 0 Å². The van der Waals surface area contributed by atoms with Gasteiger partial charge in [0.2, 0.25) is 0 Å². The minimum absolute atomic E-state index is 0.0899. The summed E-state index contributed by atoms with van der Waals surface area (Å²) in [5.41, 5.74) is 7.37. The number of nitrogens with two attached hydrogens (primary N) is 1. The van der Waals surface area contributed by atoms with Gasteiger partial charge in [-0.05, 0) is 44.8 Å². The summed E-state index contributed by atoms with van der Waals surface area (Å²) in [5.74, 6) is 0. The molecule has 0 spiro atoms. The molecule has 1 aromatic carbocycles. The zero-order valence-corrected chi connectivity index (χ0v) is 12.0. The number of nitrogens with zero attached hydrogens (tertiary/aromatic N) is 2. The van der Waals surface area contributed by atoms with Crippen LogP contribution in [0.2, 0.25) is 0 Å². The van der Waals surface area contributed by atoms with Crippen LogP contribution in [0.5, 0.6) is 0 Å². The van der Waals surface area contributed by atoms with Crippen LogP contribution in [0, 0.1) is 0 Å². The maximum atomic E-state index is 12.0. The minimum Gasteiger partial charge on any atom is -0.328 e. The predicted octanol–water partition coefficient (Wildman–Crippen LogP) is 1.56. The summed E-state index contributed by atoms with van der Waals surface area (Å²) in [6, 6.07) is 7.50. The van der Waals surface area contributed by atoms with Crippen molar-refractivity contribution in [3.63, 3.8) is 0 Å². The molecule has 0 unspecified atom stereocenters. The van der Waals surface area contributed by atoms with E-state index in [4.69, 9.17) is 5.73 Å². The smallest absolute Gasteiger partial charge is 0.321 e. The van der Waals surface area contributed by atoms with Gasteiger partial charge < -0.3 is 20.9 Å². The molecule has 5 nitrogen and oxygen atoms in total. The summed E-state index contributed by atoms with van der Waals surface area (Å²) < 4.78 is 0. The highest BCUT2D eigenvalue weighted by Crippen LogP contribution is 2.10. The van der Waals surface area contributed by atoms with Gasteiger partial charge in [0.05, 0.1) is 0 Å². The van der Waals surface area contributed by atoms with Crippen LogP contribution in [-0.4, -0.2) is 50.1 Å². The number of urea groups is 1. The lowest BCUT2D eigenvalue weighted by Crippen LogP contribution is -2.33. The molecular weight excluding hydrogens is 240 g/mol. The number of anilines is 1. The normalized spacial score (nSPS) is 10.6. The molecule has 1 rings (SSSR count). The Morgan fingerprint density at radius 2 is 2.00 bits per heavy atom. The van der Waals surface area contributed by atoms with Gasteiger partial charge >= 0.3 is 6.03 Å². The molecule has 0 saturated carbocycles. The molecule has 0 fully saturated rings. The standard InChI is InChI=1S/C14H24N4O/c1-17(2)8-5-9-18(3)14(19)16-13-7-4-6-12(10-13)11-15/h4,6-7,10H,5,8-9,11,15H2,1-3H3,(H,16,19). The van der Waals surface area contributed by atoms with Crippen LogP contribution < -0.4 is 11.1 Å². The summed E-state index contributed by atoms with van der Waals surface area (Å²) in [5, 5.41) is 2.87. The molecule has 0 aliphatic rings. The van der Waals surface area contributed by atoms with Crippen LogP contribution in [-0.2, 0) is 6.54 Å². The van der Waals surface area contributed by atoms with E-state index in [2.05, 4.69) is 10.2 Å². The molecule has 3 N–H and O–H groups in total. The van der Waals surface area contributed by atoms with Crippen LogP contribution in [0.4, 0.5) is 10.5 Å². The third kappa shape index (κ3) is 5.72. The molecule has 106 valence electrons. The molecule has 19 heavy (non-hydrogen) atoms. The quantitative estimate of drug-likeness (QED) is 0.819. The van der Waals surface area contributed by atoms with Crippen molar-refractivity contribution >= 4 is 11.7 Å². The number of amides is 2. The summed E-state index contributed by atoms with van der Waals surface area (Å²) >= 11 is 0. The number of hydrogen-bond acceptors (Lipinski definition) is 3. The Bertz CT molecular complexity index is 406. The number of carbonyl (C=O) groups excluding carboxylic acids is 1. The zero-order valence-electron chi connectivity index (χ0n) is 12.0. The van der Waals surface area contributed by atoms with Gasteiger partial charge in [-0.25, -0.2) is 4.79 Å². The zero-order chi connectivity index (χ0) is 14.3. The fourth-order valence-electron chi connectivity index (χ4n) is 1.72. The minimum atomic E-state index is -0.0899. The lowest BCUT2D eigenvalue weighted by molar-refractivity contribution is 0.220. The first-order chi connectivity index (χ1) is 9.02. The average Bonchev–Trinajstić information content (AvgIpc) is 2.38. The second-order valence-corrected chi connectivity index (χ2v) is 4.91. The third-order valence-corrected chi connectivity index (χ3v) is 2.86. The second-order valence-electron chi connectivity index (χ2n) is 4.91. The fraction of sp³-hybridized carbons (Fsp3) is 0.500. The number of carbonyl (C=O) groups is 1. The number of hydrogen-bond donors (Lipinski definition) is 2. The van der Waals surface area contributed by atoms with E-state index in [0.29, 0.717) is 6.54 Å². The van der Waals surface area contributed by atoms with Crippen molar-refractivity contribution in [3.05, 3.63) is 29.8 Å². The molecule has 0 radical (unpaired) electrons. The molecule has 0 aliphatic carbocycles. The Hall–Kier alpha value is -1.59. The molecule has 0 bridgehead atoms. The monoisotopic (exact) mass is 264 g/mol. The Morgan fingerprint density at radius 1 is 1.26 bits per heavy atom. The Kier molecular flexibility index (Phi) is 6.32. The van der Waals surface area contributed by atoms with Crippen LogP contribution in [0.1, 0.15) is 12.0 Å². The van der Waals surface area contributed by atoms with Gasteiger partial charge in [0.25, 0.3) is 0 Å². The summed E-state index contributed by atoms with van der Waals surface area (Å²) in [7, 11) is 5.86. The van der Waals surface area contributed by atoms with E-state index in [0.717, 1.165) is 30.8 Å². The van der Waals surface area contributed by atoms with E-state index in [1.54, 1.807) is 11.9 Å². The number of rotatable bonds is 6. The summed E-state index contributed by atoms with van der Waals surface area (Å²) in [6.07, 6.45) is 0.958. The summed E-state index contributed by atoms with van der Waals surface area (Å²) in [6.45, 7) is 2.18. The van der Waals surface area contributed by atoms with Crippen molar-refractivity contribution in [2.45, 2.75) is 13.0 Å². The van der Waals surface area contributed by atoms with E-state index in [1.807, 2.05) is 38.4 Å². The van der Waals surface area contributed by atoms with E-state index >= 15 is 0 Å². The highest BCUT2D eigenvalue weighted by molar-refractivity contribution is 5.89. The molecule has 0 atom stereocenters. The van der Waals surface area contributed by atoms with E-state index in [1.165, 1.54) is 0 Å². The molecular formula is C14H24N4O. The van der Waals surface area contributed by atoms with Crippen LogP contribution >= 0.6 is 0 Å². The maximum absolute atomic E-state index is 12.0. The molecule has 5 heteroatoms. The van der Waals surface area contributed by atoms with Gasteiger partial charge in [-0.2, -0.15) is 0 Å². The van der Waals surface area contributed by atoms with Crippen molar-refractivity contribution in [1.82, 2.24) is 9.80 Å². The van der Waals surface area contributed by atoms with Gasteiger partial charge in [-0.1, -0.05) is 12.1 Å². The number of benzene rings is 1. The Labute approximate surface area is 115 Å². The average molecular weight is 264 g/mol. The van der Waals surface area contributed by atoms with Crippen molar-refractivity contribution in [3.8, 4) is 0 Å². The maximum Gasteiger partial charge on any atom is 0.321 e. The largest absolute Gasteiger partial charge is 0.328 e. The van der Waals surface area contributed by atoms with E-state index in [-0.39, 0.29) is 6.03 Å². The third-order valence-electron chi connectivity index (χ3n) is 2.86. The van der Waals surface area contributed by atoms with E-state index in [9.17, 15) is 4.79 Å². The lowest BCUT2D eigenvalue weighted by atomic mass is 10.2. The van der Waals surface area contributed by atoms with Crippen LogP contribution in [0.25, 0.3) is 0 Å². The van der Waals surface area contributed by atoms with Crippen molar-refractivity contribution < 1.29 is 4.79 Å². The first kappa shape index (κ1) is 15.5. The lowest BCUT2D eigenvalue weighted by Gasteiger charge is -2.19. The molecule has 0 heterocycles. The first-order valence-electron chi connectivity index (χ1n) is 6.48. The van der Waals surface area contributed by atoms with Crippen molar-refractivity contribution in [2.75, 3.05) is 39.5 Å². The first-order valence-corrected chi connectivity index (χ1v) is 6.48.